The highest BCUT2D eigenvalue weighted by molar-refractivity contribution is 6.34. The summed E-state index contributed by atoms with van der Waals surface area (Å²) < 4.78 is 0. The number of hydrogen-bond acceptors (Lipinski definition) is 5. The third kappa shape index (κ3) is 3.26. The average molecular weight is 307 g/mol. The van der Waals surface area contributed by atoms with Gasteiger partial charge in [-0.25, -0.2) is 0 Å². The molecule has 108 valence electrons. The van der Waals surface area contributed by atoms with E-state index in [0.29, 0.717) is 5.69 Å². The van der Waals surface area contributed by atoms with Crippen LogP contribution in [0.5, 0.6) is 0 Å². The molecule has 1 aromatic carbocycles. The Morgan fingerprint density at radius 3 is 2.71 bits per heavy atom. The lowest BCUT2D eigenvalue weighted by molar-refractivity contribution is -0.383. The first kappa shape index (κ1) is 14.7. The summed E-state index contributed by atoms with van der Waals surface area (Å²) >= 11 is 5.81. The van der Waals surface area contributed by atoms with Gasteiger partial charge < -0.3 is 11.1 Å². The maximum atomic E-state index is 12.1. The molecule has 2 aromatic rings. The Kier molecular flexibility index (Phi) is 4.04. The van der Waals surface area contributed by atoms with Crippen molar-refractivity contribution in [3.8, 4) is 0 Å². The molecule has 3 N–H and O–H groups in total. The molecular formula is C13H11ClN4O3. The van der Waals surface area contributed by atoms with E-state index in [-0.39, 0.29) is 16.3 Å². The number of nitro groups is 1. The minimum absolute atomic E-state index is 0.0430. The van der Waals surface area contributed by atoms with Crippen molar-refractivity contribution in [1.82, 2.24) is 4.98 Å². The molecule has 8 heteroatoms. The van der Waals surface area contributed by atoms with Gasteiger partial charge in [0.25, 0.3) is 11.6 Å². The van der Waals surface area contributed by atoms with Crippen molar-refractivity contribution < 1.29 is 9.72 Å². The van der Waals surface area contributed by atoms with Gasteiger partial charge in [-0.2, -0.15) is 0 Å². The topological polar surface area (TPSA) is 111 Å². The first-order valence-corrected chi connectivity index (χ1v) is 6.23. The monoisotopic (exact) mass is 306 g/mol. The number of benzene rings is 1. The first-order chi connectivity index (χ1) is 9.88. The fourth-order valence-electron chi connectivity index (χ4n) is 1.63. The second-order valence-electron chi connectivity index (χ2n) is 4.29. The molecule has 0 saturated carbocycles. The van der Waals surface area contributed by atoms with Crippen LogP contribution in [-0.4, -0.2) is 15.8 Å². The molecule has 0 unspecified atom stereocenters. The summed E-state index contributed by atoms with van der Waals surface area (Å²) in [4.78, 5) is 26.3. The highest BCUT2D eigenvalue weighted by Gasteiger charge is 2.19. The summed E-state index contributed by atoms with van der Waals surface area (Å²) in [6.07, 6.45) is 1.49. The third-order valence-electron chi connectivity index (χ3n) is 2.74. The van der Waals surface area contributed by atoms with Crippen LogP contribution in [0.15, 0.2) is 30.5 Å². The highest BCUT2D eigenvalue weighted by Crippen LogP contribution is 2.31. The summed E-state index contributed by atoms with van der Waals surface area (Å²) in [5, 5.41) is 13.4. The van der Waals surface area contributed by atoms with Gasteiger partial charge in [0.15, 0.2) is 0 Å². The van der Waals surface area contributed by atoms with Crippen molar-refractivity contribution in [2.24, 2.45) is 0 Å². The van der Waals surface area contributed by atoms with E-state index in [1.807, 2.05) is 6.92 Å². The number of nitrogens with zero attached hydrogens (tertiary/aromatic N) is 2. The lowest BCUT2D eigenvalue weighted by Gasteiger charge is -2.07. The van der Waals surface area contributed by atoms with Crippen molar-refractivity contribution >= 4 is 34.6 Å². The summed E-state index contributed by atoms with van der Waals surface area (Å²) in [7, 11) is 0. The number of pyridine rings is 1. The van der Waals surface area contributed by atoms with Crippen molar-refractivity contribution in [3.63, 3.8) is 0 Å². The molecule has 0 aliphatic heterocycles. The van der Waals surface area contributed by atoms with E-state index >= 15 is 0 Å². The van der Waals surface area contributed by atoms with Gasteiger partial charge in [-0.15, -0.1) is 0 Å². The Balaban J connectivity index is 2.31. The Morgan fingerprint density at radius 1 is 1.43 bits per heavy atom. The van der Waals surface area contributed by atoms with Gasteiger partial charge in [-0.3, -0.25) is 19.9 Å². The predicted molar refractivity (Wildman–Crippen MR) is 79.4 cm³/mol. The van der Waals surface area contributed by atoms with Crippen LogP contribution < -0.4 is 11.1 Å². The number of nitrogens with one attached hydrogen (secondary N) is 1. The molecular weight excluding hydrogens is 296 g/mol. The van der Waals surface area contributed by atoms with Crippen LogP contribution >= 0.6 is 11.6 Å². The minimum Gasteiger partial charge on any atom is -0.392 e. The molecule has 1 heterocycles. The number of nitro benzene ring substituents is 1. The number of nitrogen functional groups attached to an aromatic ring is 1. The molecule has 0 radical (unpaired) electrons. The third-order valence-corrected chi connectivity index (χ3v) is 3.05. The van der Waals surface area contributed by atoms with Gasteiger partial charge in [0.2, 0.25) is 0 Å². The molecule has 7 nitrogen and oxygen atoms in total. The fourth-order valence-corrected chi connectivity index (χ4v) is 1.84. The maximum Gasteiger partial charge on any atom is 0.294 e. The van der Waals surface area contributed by atoms with Crippen LogP contribution in [0.1, 0.15) is 16.1 Å². The van der Waals surface area contributed by atoms with E-state index in [9.17, 15) is 14.9 Å². The Labute approximate surface area is 124 Å². The van der Waals surface area contributed by atoms with Gasteiger partial charge in [0.1, 0.15) is 5.69 Å². The second kappa shape index (κ2) is 5.76. The summed E-state index contributed by atoms with van der Waals surface area (Å²) in [6, 6.07) is 5.76. The Hall–Kier alpha value is -2.67. The molecule has 0 bridgehead atoms. The first-order valence-electron chi connectivity index (χ1n) is 5.86. The van der Waals surface area contributed by atoms with Gasteiger partial charge in [-0.05, 0) is 25.1 Å². The number of amides is 1. The molecule has 0 saturated heterocycles. The molecule has 1 aromatic heterocycles. The van der Waals surface area contributed by atoms with Crippen LogP contribution in [0, 0.1) is 17.0 Å². The van der Waals surface area contributed by atoms with Crippen molar-refractivity contribution in [2.45, 2.75) is 6.92 Å². The number of nitrogens with two attached hydrogens (primary N) is 1. The maximum absolute atomic E-state index is 12.1. The SMILES string of the molecule is Cc1ccc(NC(=O)c2cc(Cl)c(N)c([N+](=O)[O-])c2)cn1. The van der Waals surface area contributed by atoms with Gasteiger partial charge in [0, 0.05) is 17.3 Å². The van der Waals surface area contributed by atoms with Crippen molar-refractivity contribution in [3.05, 3.63) is 56.9 Å². The standard InChI is InChI=1S/C13H11ClN4O3/c1-7-2-3-9(6-16-7)17-13(19)8-4-10(14)12(15)11(5-8)18(20)21/h2-6H,15H2,1H3,(H,17,19). The normalized spacial score (nSPS) is 10.2. The number of halogens is 1. The van der Waals surface area contributed by atoms with Crippen LogP contribution in [0.4, 0.5) is 17.1 Å². The molecule has 0 fully saturated rings. The van der Waals surface area contributed by atoms with E-state index < -0.39 is 16.5 Å². The fraction of sp³-hybridized carbons (Fsp3) is 0.0769. The van der Waals surface area contributed by atoms with E-state index in [0.717, 1.165) is 11.8 Å². The zero-order valence-corrected chi connectivity index (χ0v) is 11.7. The quantitative estimate of drug-likeness (QED) is 0.514. The van der Waals surface area contributed by atoms with Gasteiger partial charge >= 0.3 is 0 Å². The van der Waals surface area contributed by atoms with Crippen molar-refractivity contribution in [2.75, 3.05) is 11.1 Å². The van der Waals surface area contributed by atoms with Gasteiger partial charge in [0.05, 0.1) is 21.8 Å². The number of aryl methyl sites for hydroxylation is 1. The summed E-state index contributed by atoms with van der Waals surface area (Å²) in [5.41, 5.74) is 6.25. The average Bonchev–Trinajstić information content (AvgIpc) is 2.43. The summed E-state index contributed by atoms with van der Waals surface area (Å²) in [5.74, 6) is -0.536. The lowest BCUT2D eigenvalue weighted by atomic mass is 10.1. The number of aromatic nitrogens is 1. The zero-order valence-electron chi connectivity index (χ0n) is 11.0. The predicted octanol–water partition coefficient (Wildman–Crippen LogP) is 2.79. The molecule has 0 spiro atoms. The smallest absolute Gasteiger partial charge is 0.294 e. The van der Waals surface area contributed by atoms with Crippen LogP contribution in [0.3, 0.4) is 0 Å². The lowest BCUT2D eigenvalue weighted by Crippen LogP contribution is -2.13. The number of carbonyl (C=O) groups is 1. The molecule has 1 amide bonds. The zero-order chi connectivity index (χ0) is 15.6. The molecule has 0 aliphatic rings. The van der Waals surface area contributed by atoms with E-state index in [1.54, 1.807) is 12.1 Å². The van der Waals surface area contributed by atoms with Crippen LogP contribution in [-0.2, 0) is 0 Å². The van der Waals surface area contributed by atoms with Crippen LogP contribution in [0.2, 0.25) is 5.02 Å². The Bertz CT molecular complexity index is 716. The van der Waals surface area contributed by atoms with Crippen LogP contribution in [0.25, 0.3) is 0 Å². The largest absolute Gasteiger partial charge is 0.392 e. The van der Waals surface area contributed by atoms with E-state index in [4.69, 9.17) is 17.3 Å². The second-order valence-corrected chi connectivity index (χ2v) is 4.70. The number of anilines is 2. The summed E-state index contributed by atoms with van der Waals surface area (Å²) in [6.45, 7) is 1.81. The number of hydrogen-bond donors (Lipinski definition) is 2. The minimum atomic E-state index is -0.689. The Morgan fingerprint density at radius 2 is 2.14 bits per heavy atom. The highest BCUT2D eigenvalue weighted by atomic mass is 35.5. The molecule has 21 heavy (non-hydrogen) atoms. The molecule has 2 rings (SSSR count). The number of rotatable bonds is 3. The van der Waals surface area contributed by atoms with E-state index in [1.165, 1.54) is 12.3 Å². The molecule has 0 atom stereocenters. The van der Waals surface area contributed by atoms with Crippen molar-refractivity contribution in [1.29, 1.82) is 0 Å². The van der Waals surface area contributed by atoms with E-state index in [2.05, 4.69) is 10.3 Å². The van der Waals surface area contributed by atoms with Gasteiger partial charge in [-0.1, -0.05) is 11.6 Å². The number of carbonyl (C=O) groups excluding carboxylic acids is 1. The molecule has 0 aliphatic carbocycles.